The average molecular weight is 325 g/mol. The van der Waals surface area contributed by atoms with Gasteiger partial charge in [0, 0.05) is 16.8 Å². The van der Waals surface area contributed by atoms with Crippen molar-refractivity contribution in [2.45, 2.75) is 17.9 Å². The monoisotopic (exact) mass is 324 g/mol. The van der Waals surface area contributed by atoms with Crippen LogP contribution in [0.25, 0.3) is 0 Å². The van der Waals surface area contributed by atoms with Crippen LogP contribution in [0.15, 0.2) is 53.4 Å². The zero-order valence-electron chi connectivity index (χ0n) is 11.8. The first-order chi connectivity index (χ1) is 9.92. The summed E-state index contributed by atoms with van der Waals surface area (Å²) >= 11 is 5.87. The SMILES string of the molecule is CNS(=O)(=O)c1cccc(NC(C)c2ccc(Cl)cc2)c1. The van der Waals surface area contributed by atoms with Gasteiger partial charge in [-0.15, -0.1) is 0 Å². The van der Waals surface area contributed by atoms with Gasteiger partial charge >= 0.3 is 0 Å². The van der Waals surface area contributed by atoms with E-state index in [9.17, 15) is 8.42 Å². The highest BCUT2D eigenvalue weighted by atomic mass is 35.5. The molecule has 4 nitrogen and oxygen atoms in total. The number of rotatable bonds is 5. The number of sulfonamides is 1. The van der Waals surface area contributed by atoms with Crippen molar-refractivity contribution in [1.29, 1.82) is 0 Å². The van der Waals surface area contributed by atoms with E-state index in [1.807, 2.05) is 37.3 Å². The molecule has 1 unspecified atom stereocenters. The molecule has 0 aliphatic rings. The van der Waals surface area contributed by atoms with Gasteiger partial charge in [0.2, 0.25) is 10.0 Å². The Hall–Kier alpha value is -1.56. The molecule has 0 spiro atoms. The summed E-state index contributed by atoms with van der Waals surface area (Å²) in [6, 6.07) is 14.3. The lowest BCUT2D eigenvalue weighted by Gasteiger charge is -2.16. The fourth-order valence-electron chi connectivity index (χ4n) is 1.96. The lowest BCUT2D eigenvalue weighted by atomic mass is 10.1. The van der Waals surface area contributed by atoms with Crippen molar-refractivity contribution in [3.05, 3.63) is 59.1 Å². The van der Waals surface area contributed by atoms with Crippen LogP contribution in [0.3, 0.4) is 0 Å². The number of halogens is 1. The van der Waals surface area contributed by atoms with Crippen LogP contribution in [0.5, 0.6) is 0 Å². The Morgan fingerprint density at radius 1 is 1.10 bits per heavy atom. The number of nitrogens with one attached hydrogen (secondary N) is 2. The van der Waals surface area contributed by atoms with Crippen LogP contribution in [0.2, 0.25) is 5.02 Å². The van der Waals surface area contributed by atoms with E-state index in [-0.39, 0.29) is 10.9 Å². The molecule has 1 atom stereocenters. The molecule has 0 saturated carbocycles. The van der Waals surface area contributed by atoms with Crippen LogP contribution in [-0.2, 0) is 10.0 Å². The molecule has 2 aromatic rings. The van der Waals surface area contributed by atoms with Gasteiger partial charge in [0.05, 0.1) is 4.90 Å². The molecule has 6 heteroatoms. The summed E-state index contributed by atoms with van der Waals surface area (Å²) in [7, 11) is -2.04. The van der Waals surface area contributed by atoms with E-state index >= 15 is 0 Å². The molecule has 21 heavy (non-hydrogen) atoms. The van der Waals surface area contributed by atoms with Crippen LogP contribution in [0.1, 0.15) is 18.5 Å². The van der Waals surface area contributed by atoms with Crippen LogP contribution in [0.4, 0.5) is 5.69 Å². The standard InChI is InChI=1S/C15H17ClN2O2S/c1-11(12-6-8-13(16)9-7-12)18-14-4-3-5-15(10-14)21(19,20)17-2/h3-11,17-18H,1-2H3. The maximum atomic E-state index is 11.8. The highest BCUT2D eigenvalue weighted by molar-refractivity contribution is 7.89. The fraction of sp³-hybridized carbons (Fsp3) is 0.200. The summed E-state index contributed by atoms with van der Waals surface area (Å²) in [5.41, 5.74) is 1.81. The van der Waals surface area contributed by atoms with Crippen molar-refractivity contribution in [3.8, 4) is 0 Å². The topological polar surface area (TPSA) is 58.2 Å². The van der Waals surface area contributed by atoms with Crippen LogP contribution < -0.4 is 10.0 Å². The predicted octanol–water partition coefficient (Wildman–Crippen LogP) is 3.42. The molecule has 0 radical (unpaired) electrons. The van der Waals surface area contributed by atoms with E-state index in [0.29, 0.717) is 5.02 Å². The summed E-state index contributed by atoms with van der Waals surface area (Å²) in [4.78, 5) is 0.235. The minimum absolute atomic E-state index is 0.0369. The van der Waals surface area contributed by atoms with Gasteiger partial charge < -0.3 is 5.32 Å². The summed E-state index contributed by atoms with van der Waals surface area (Å²) < 4.78 is 25.9. The van der Waals surface area contributed by atoms with Crippen LogP contribution in [-0.4, -0.2) is 15.5 Å². The van der Waals surface area contributed by atoms with Crippen molar-refractivity contribution in [2.75, 3.05) is 12.4 Å². The van der Waals surface area contributed by atoms with Crippen molar-refractivity contribution in [3.63, 3.8) is 0 Å². The maximum absolute atomic E-state index is 11.8. The quantitative estimate of drug-likeness (QED) is 0.886. The first kappa shape index (κ1) is 15.8. The highest BCUT2D eigenvalue weighted by Crippen LogP contribution is 2.22. The zero-order valence-corrected chi connectivity index (χ0v) is 13.4. The molecule has 0 amide bonds. The van der Waals surface area contributed by atoms with Crippen molar-refractivity contribution in [1.82, 2.24) is 4.72 Å². The van der Waals surface area contributed by atoms with Crippen molar-refractivity contribution in [2.24, 2.45) is 0 Å². The van der Waals surface area contributed by atoms with E-state index in [0.717, 1.165) is 11.3 Å². The van der Waals surface area contributed by atoms with Gasteiger partial charge in [0.15, 0.2) is 0 Å². The molecule has 0 fully saturated rings. The molecule has 0 aliphatic carbocycles. The first-order valence-electron chi connectivity index (χ1n) is 6.48. The van der Waals surface area contributed by atoms with E-state index in [1.54, 1.807) is 18.2 Å². The van der Waals surface area contributed by atoms with E-state index in [1.165, 1.54) is 7.05 Å². The molecule has 2 aromatic carbocycles. The molecule has 0 heterocycles. The second kappa shape index (κ2) is 6.47. The van der Waals surface area contributed by atoms with Crippen molar-refractivity contribution < 1.29 is 8.42 Å². The average Bonchev–Trinajstić information content (AvgIpc) is 2.48. The first-order valence-corrected chi connectivity index (χ1v) is 8.34. The third kappa shape index (κ3) is 3.97. The van der Waals surface area contributed by atoms with Gasteiger partial charge in [-0.2, -0.15) is 0 Å². The predicted molar refractivity (Wildman–Crippen MR) is 86.2 cm³/mol. The fourth-order valence-corrected chi connectivity index (χ4v) is 2.86. The molecule has 0 bridgehead atoms. The largest absolute Gasteiger partial charge is 0.378 e. The van der Waals surface area contributed by atoms with Crippen LogP contribution in [0, 0.1) is 0 Å². The molecule has 112 valence electrons. The minimum atomic E-state index is -3.43. The Morgan fingerprint density at radius 3 is 2.38 bits per heavy atom. The Kier molecular flexibility index (Phi) is 4.88. The Morgan fingerprint density at radius 2 is 1.76 bits per heavy atom. The summed E-state index contributed by atoms with van der Waals surface area (Å²) in [5, 5.41) is 3.97. The van der Waals surface area contributed by atoms with Gasteiger partial charge in [-0.05, 0) is 49.9 Å². The highest BCUT2D eigenvalue weighted by Gasteiger charge is 2.12. The molecular formula is C15H17ClN2O2S. The van der Waals surface area contributed by atoms with Gasteiger partial charge in [0.1, 0.15) is 0 Å². The third-order valence-corrected chi connectivity index (χ3v) is 4.83. The number of hydrogen-bond acceptors (Lipinski definition) is 3. The second-order valence-electron chi connectivity index (χ2n) is 4.65. The van der Waals surface area contributed by atoms with Gasteiger partial charge in [0.25, 0.3) is 0 Å². The van der Waals surface area contributed by atoms with Crippen LogP contribution >= 0.6 is 11.6 Å². The zero-order chi connectivity index (χ0) is 15.5. The normalized spacial score (nSPS) is 12.9. The van der Waals surface area contributed by atoms with E-state index in [4.69, 9.17) is 11.6 Å². The Labute approximate surface area is 130 Å². The summed E-state index contributed by atoms with van der Waals surface area (Å²) in [6.45, 7) is 2.00. The number of anilines is 1. The third-order valence-electron chi connectivity index (χ3n) is 3.17. The molecule has 0 aliphatic heterocycles. The molecule has 0 saturated heterocycles. The smallest absolute Gasteiger partial charge is 0.240 e. The number of hydrogen-bond donors (Lipinski definition) is 2. The van der Waals surface area contributed by atoms with Gasteiger partial charge in [-0.1, -0.05) is 29.8 Å². The van der Waals surface area contributed by atoms with Crippen molar-refractivity contribution >= 4 is 27.3 Å². The number of benzene rings is 2. The van der Waals surface area contributed by atoms with E-state index in [2.05, 4.69) is 10.0 Å². The molecular weight excluding hydrogens is 308 g/mol. The molecule has 2 rings (SSSR count). The summed E-state index contributed by atoms with van der Waals surface area (Å²) in [6.07, 6.45) is 0. The Balaban J connectivity index is 2.20. The summed E-state index contributed by atoms with van der Waals surface area (Å²) in [5.74, 6) is 0. The van der Waals surface area contributed by atoms with Gasteiger partial charge in [-0.3, -0.25) is 0 Å². The lowest BCUT2D eigenvalue weighted by molar-refractivity contribution is 0.588. The van der Waals surface area contributed by atoms with E-state index < -0.39 is 10.0 Å². The minimum Gasteiger partial charge on any atom is -0.378 e. The maximum Gasteiger partial charge on any atom is 0.240 e. The Bertz CT molecular complexity index is 715. The lowest BCUT2D eigenvalue weighted by Crippen LogP contribution is -2.18. The molecule has 0 aromatic heterocycles. The molecule has 2 N–H and O–H groups in total. The van der Waals surface area contributed by atoms with Gasteiger partial charge in [-0.25, -0.2) is 13.1 Å². The second-order valence-corrected chi connectivity index (χ2v) is 6.98.